The zero-order chi connectivity index (χ0) is 15.4. The van der Waals surface area contributed by atoms with E-state index in [1.807, 2.05) is 12.1 Å². The van der Waals surface area contributed by atoms with E-state index in [0.717, 1.165) is 4.47 Å². The molecule has 2 rings (SSSR count). The predicted octanol–water partition coefficient (Wildman–Crippen LogP) is 3.84. The number of benzene rings is 2. The summed E-state index contributed by atoms with van der Waals surface area (Å²) in [5, 5.41) is -0.604. The van der Waals surface area contributed by atoms with Crippen LogP contribution >= 0.6 is 15.9 Å². The van der Waals surface area contributed by atoms with Crippen LogP contribution in [0, 0.1) is 0 Å². The van der Waals surface area contributed by atoms with E-state index in [2.05, 4.69) is 15.9 Å². The Bertz CT molecular complexity index is 667. The molecule has 0 aliphatic heterocycles. The first-order chi connectivity index (χ1) is 10.0. The van der Waals surface area contributed by atoms with Gasteiger partial charge in [-0.1, -0.05) is 22.0 Å². The zero-order valence-corrected chi connectivity index (χ0v) is 14.1. The Labute approximate surface area is 134 Å². The molecule has 0 spiro atoms. The predicted molar refractivity (Wildman–Crippen MR) is 87.3 cm³/mol. The molecule has 0 aliphatic rings. The normalized spacial score (nSPS) is 13.5. The molecular formula is C16H15BrO3S. The van der Waals surface area contributed by atoms with Crippen molar-refractivity contribution in [3.63, 3.8) is 0 Å². The largest absolute Gasteiger partial charge is 0.497 e. The van der Waals surface area contributed by atoms with E-state index < -0.39 is 16.0 Å². The first-order valence-electron chi connectivity index (χ1n) is 6.37. The lowest BCUT2D eigenvalue weighted by molar-refractivity contribution is 0.0992. The van der Waals surface area contributed by atoms with Crippen LogP contribution in [0.25, 0.3) is 0 Å². The van der Waals surface area contributed by atoms with Gasteiger partial charge in [0.1, 0.15) is 5.75 Å². The van der Waals surface area contributed by atoms with E-state index in [-0.39, 0.29) is 5.78 Å². The average molecular weight is 367 g/mol. The number of Topliss-reactive ketones (excluding diaryl/α,β-unsaturated/α-hetero) is 1. The summed E-state index contributed by atoms with van der Waals surface area (Å²) in [5.41, 5.74) is 0.534. The summed E-state index contributed by atoms with van der Waals surface area (Å²) >= 11 is 3.34. The van der Waals surface area contributed by atoms with Gasteiger partial charge in [-0.2, -0.15) is 0 Å². The van der Waals surface area contributed by atoms with Crippen molar-refractivity contribution >= 4 is 32.5 Å². The molecule has 0 bridgehead atoms. The molecule has 0 radical (unpaired) electrons. The van der Waals surface area contributed by atoms with Gasteiger partial charge in [0.15, 0.2) is 5.78 Å². The fourth-order valence-corrected chi connectivity index (χ4v) is 3.63. The van der Waals surface area contributed by atoms with Crippen LogP contribution in [0.1, 0.15) is 17.3 Å². The lowest BCUT2D eigenvalue weighted by atomic mass is 10.1. The fourth-order valence-electron chi connectivity index (χ4n) is 1.88. The summed E-state index contributed by atoms with van der Waals surface area (Å²) in [4.78, 5) is 13.0. The molecule has 2 aromatic carbocycles. The minimum Gasteiger partial charge on any atom is -0.497 e. The number of rotatable bonds is 5. The van der Waals surface area contributed by atoms with Gasteiger partial charge in [0, 0.05) is 14.9 Å². The molecule has 5 heteroatoms. The average Bonchev–Trinajstić information content (AvgIpc) is 2.53. The van der Waals surface area contributed by atoms with Gasteiger partial charge in [0.25, 0.3) is 0 Å². The first-order valence-corrected chi connectivity index (χ1v) is 8.38. The van der Waals surface area contributed by atoms with Crippen LogP contribution in [0.2, 0.25) is 0 Å². The topological polar surface area (TPSA) is 43.4 Å². The Balaban J connectivity index is 2.20. The molecule has 0 fully saturated rings. The highest BCUT2D eigenvalue weighted by molar-refractivity contribution is 9.10. The van der Waals surface area contributed by atoms with Gasteiger partial charge in [0.05, 0.1) is 23.2 Å². The molecule has 0 aromatic heterocycles. The van der Waals surface area contributed by atoms with Crippen molar-refractivity contribution in [2.45, 2.75) is 17.1 Å². The molecule has 21 heavy (non-hydrogen) atoms. The molecule has 2 atom stereocenters. The maximum atomic E-state index is 12.5. The van der Waals surface area contributed by atoms with Gasteiger partial charge in [-0.15, -0.1) is 0 Å². The lowest BCUT2D eigenvalue weighted by Gasteiger charge is -2.11. The Morgan fingerprint density at radius 3 is 2.43 bits per heavy atom. The SMILES string of the molecule is COc1ccc(C(=O)C(C)S(=O)c2cccc(Br)c2)cc1. The third-order valence-corrected chi connectivity index (χ3v) is 5.16. The van der Waals surface area contributed by atoms with Gasteiger partial charge in [0.2, 0.25) is 0 Å². The Morgan fingerprint density at radius 1 is 1.19 bits per heavy atom. The van der Waals surface area contributed by atoms with Crippen LogP contribution in [-0.4, -0.2) is 22.4 Å². The standard InChI is InChI=1S/C16H15BrO3S/c1-11(21(19)15-5-3-4-13(17)10-15)16(18)12-6-8-14(20-2)9-7-12/h3-11H,1-2H3. The molecular weight excluding hydrogens is 352 g/mol. The smallest absolute Gasteiger partial charge is 0.178 e. The number of ketones is 1. The second kappa shape index (κ2) is 7.00. The number of hydrogen-bond donors (Lipinski definition) is 0. The van der Waals surface area contributed by atoms with Gasteiger partial charge in [-0.05, 0) is 49.4 Å². The monoisotopic (exact) mass is 366 g/mol. The molecule has 0 aliphatic carbocycles. The van der Waals surface area contributed by atoms with Crippen LogP contribution in [0.5, 0.6) is 5.75 Å². The number of methoxy groups -OCH3 is 1. The van der Waals surface area contributed by atoms with Crippen molar-refractivity contribution in [2.24, 2.45) is 0 Å². The van der Waals surface area contributed by atoms with Crippen molar-refractivity contribution in [1.82, 2.24) is 0 Å². The van der Waals surface area contributed by atoms with Gasteiger partial charge < -0.3 is 4.74 Å². The second-order valence-corrected chi connectivity index (χ2v) is 7.18. The summed E-state index contributed by atoms with van der Waals surface area (Å²) < 4.78 is 18.4. The quantitative estimate of drug-likeness (QED) is 0.755. The maximum absolute atomic E-state index is 12.5. The molecule has 2 aromatic rings. The van der Waals surface area contributed by atoms with E-state index in [1.54, 1.807) is 50.4 Å². The van der Waals surface area contributed by atoms with Crippen LogP contribution in [0.3, 0.4) is 0 Å². The van der Waals surface area contributed by atoms with E-state index >= 15 is 0 Å². The lowest BCUT2D eigenvalue weighted by Crippen LogP contribution is -2.22. The van der Waals surface area contributed by atoms with Crippen molar-refractivity contribution in [3.05, 3.63) is 58.6 Å². The Hall–Kier alpha value is -1.46. The Morgan fingerprint density at radius 2 is 1.86 bits per heavy atom. The van der Waals surface area contributed by atoms with Crippen molar-refractivity contribution < 1.29 is 13.7 Å². The van der Waals surface area contributed by atoms with Crippen LogP contribution in [0.15, 0.2) is 57.9 Å². The van der Waals surface area contributed by atoms with Crippen molar-refractivity contribution in [1.29, 1.82) is 0 Å². The van der Waals surface area contributed by atoms with E-state index in [9.17, 15) is 9.00 Å². The highest BCUT2D eigenvalue weighted by Crippen LogP contribution is 2.20. The summed E-state index contributed by atoms with van der Waals surface area (Å²) in [6, 6.07) is 14.0. The van der Waals surface area contributed by atoms with E-state index in [0.29, 0.717) is 16.2 Å². The summed E-state index contributed by atoms with van der Waals surface area (Å²) in [6.45, 7) is 1.68. The zero-order valence-electron chi connectivity index (χ0n) is 11.7. The van der Waals surface area contributed by atoms with Gasteiger partial charge in [-0.25, -0.2) is 0 Å². The summed E-state index contributed by atoms with van der Waals surface area (Å²) in [5.74, 6) is 0.545. The Kier molecular flexibility index (Phi) is 5.31. The maximum Gasteiger partial charge on any atom is 0.178 e. The highest BCUT2D eigenvalue weighted by atomic mass is 79.9. The third kappa shape index (κ3) is 3.80. The van der Waals surface area contributed by atoms with Gasteiger partial charge in [-0.3, -0.25) is 9.00 Å². The molecule has 0 N–H and O–H groups in total. The second-order valence-electron chi connectivity index (χ2n) is 4.49. The molecule has 0 saturated carbocycles. The number of hydrogen-bond acceptors (Lipinski definition) is 3. The molecule has 0 saturated heterocycles. The number of halogens is 1. The van der Waals surface area contributed by atoms with Crippen LogP contribution < -0.4 is 4.74 Å². The fraction of sp³-hybridized carbons (Fsp3) is 0.188. The summed E-state index contributed by atoms with van der Waals surface area (Å²) in [7, 11) is 0.184. The molecule has 0 amide bonds. The number of carbonyl (C=O) groups is 1. The summed E-state index contributed by atoms with van der Waals surface area (Å²) in [6.07, 6.45) is 0. The number of ether oxygens (including phenoxy) is 1. The third-order valence-electron chi connectivity index (χ3n) is 3.09. The van der Waals surface area contributed by atoms with Crippen molar-refractivity contribution in [3.8, 4) is 5.75 Å². The molecule has 3 nitrogen and oxygen atoms in total. The first kappa shape index (κ1) is 15.9. The minimum absolute atomic E-state index is 0.143. The van der Waals surface area contributed by atoms with E-state index in [4.69, 9.17) is 4.74 Å². The molecule has 2 unspecified atom stereocenters. The van der Waals surface area contributed by atoms with E-state index in [1.165, 1.54) is 0 Å². The highest BCUT2D eigenvalue weighted by Gasteiger charge is 2.22. The van der Waals surface area contributed by atoms with Gasteiger partial charge >= 0.3 is 0 Å². The van der Waals surface area contributed by atoms with Crippen LogP contribution in [-0.2, 0) is 10.8 Å². The molecule has 110 valence electrons. The molecule has 0 heterocycles. The van der Waals surface area contributed by atoms with Crippen molar-refractivity contribution in [2.75, 3.05) is 7.11 Å². The number of carbonyl (C=O) groups excluding carboxylic acids is 1. The van der Waals surface area contributed by atoms with Crippen LogP contribution in [0.4, 0.5) is 0 Å². The minimum atomic E-state index is -1.39.